The van der Waals surface area contributed by atoms with E-state index in [0.717, 1.165) is 0 Å². The van der Waals surface area contributed by atoms with Gasteiger partial charge in [-0.05, 0) is 0 Å². The van der Waals surface area contributed by atoms with Crippen LogP contribution in [0.1, 0.15) is 0 Å². The summed E-state index contributed by atoms with van der Waals surface area (Å²) in [6.45, 7) is 0. The number of rotatable bonds is 0. The molecule has 4 heteroatoms. The molecule has 0 rings (SSSR count). The summed E-state index contributed by atoms with van der Waals surface area (Å²) in [5.74, 6) is 0. The Morgan fingerprint density at radius 2 is 0.750 bits per heavy atom. The Hall–Kier alpha value is 3.10. The molecule has 2 N–H and O–H groups in total. The van der Waals surface area contributed by atoms with E-state index in [1.165, 1.54) is 0 Å². The van der Waals surface area contributed by atoms with Gasteiger partial charge in [-0.3, -0.25) is 0 Å². The average Bonchev–Trinajstić information content (AvgIpc) is 0. The Morgan fingerprint density at radius 3 is 0.750 bits per heavy atom. The first kappa shape index (κ1) is 27.5. The third-order valence-corrected chi connectivity index (χ3v) is 0. The fourth-order valence-electron chi connectivity index (χ4n) is 0. The van der Waals surface area contributed by atoms with E-state index in [4.69, 9.17) is 0 Å². The molecule has 1 nitrogen and oxygen atoms in total. The van der Waals surface area contributed by atoms with Crippen LogP contribution in [-0.4, -0.2) is 5.48 Å². The smallest absolute Gasteiger partial charge is 0 e. The molecule has 0 amide bonds. The fourth-order valence-corrected chi connectivity index (χ4v) is 0. The Bertz CT molecular complexity index is 6.00. The molecule has 0 saturated heterocycles. The minimum atomic E-state index is 0. The first-order chi connectivity index (χ1) is 0. The second-order valence-corrected chi connectivity index (χ2v) is 0. The monoisotopic (exact) mass is 338 g/mol. The second-order valence-electron chi connectivity index (χ2n) is 0. The summed E-state index contributed by atoms with van der Waals surface area (Å²) >= 11 is 0. The Labute approximate surface area is 97.2 Å². The van der Waals surface area contributed by atoms with Gasteiger partial charge in [-0.25, -0.2) is 0 Å². The summed E-state index contributed by atoms with van der Waals surface area (Å²) in [6, 6.07) is 0. The van der Waals surface area contributed by atoms with Crippen LogP contribution in [0.2, 0.25) is 0 Å². The molecule has 20 valence electrons. The van der Waals surface area contributed by atoms with Gasteiger partial charge < -0.3 is 5.48 Å². The largest absolute Gasteiger partial charge is 0.412 e. The van der Waals surface area contributed by atoms with Crippen molar-refractivity contribution >= 4 is 0 Å². The Kier molecular flexibility index (Phi) is 113. The van der Waals surface area contributed by atoms with E-state index in [1.807, 2.05) is 0 Å². The van der Waals surface area contributed by atoms with Crippen LogP contribution in [0.4, 0.5) is 0 Å². The summed E-state index contributed by atoms with van der Waals surface area (Å²) < 4.78 is 0. The van der Waals surface area contributed by atoms with Crippen LogP contribution >= 0.6 is 0 Å². The normalized spacial score (nSPS) is 0. The van der Waals surface area contributed by atoms with Gasteiger partial charge in [0.2, 0.25) is 0 Å². The zero-order valence-electron chi connectivity index (χ0n) is 2.00. The van der Waals surface area contributed by atoms with E-state index in [2.05, 4.69) is 0 Å². The van der Waals surface area contributed by atoms with Crippen molar-refractivity contribution in [1.29, 1.82) is 0 Å². The van der Waals surface area contributed by atoms with Gasteiger partial charge in [0.05, 0.1) is 0 Å². The van der Waals surface area contributed by atoms with Crippen LogP contribution in [0.5, 0.6) is 0 Å². The van der Waals surface area contributed by atoms with Crippen molar-refractivity contribution in [3.8, 4) is 0 Å². The first-order valence-electron chi connectivity index (χ1n) is 0. The zero-order valence-corrected chi connectivity index (χ0v) is 10.1. The van der Waals surface area contributed by atoms with Gasteiger partial charge in [0.1, 0.15) is 0 Å². The van der Waals surface area contributed by atoms with Crippen LogP contribution in [-0.2, 0) is 52.4 Å². The minimum Gasteiger partial charge on any atom is -0.412 e. The van der Waals surface area contributed by atoms with Crippen LogP contribution in [0.25, 0.3) is 0 Å². The quantitative estimate of drug-likeness (QED) is 0.551. The molecule has 0 aliphatic rings. The summed E-state index contributed by atoms with van der Waals surface area (Å²) in [4.78, 5) is 0. The minimum absolute atomic E-state index is 0. The molecule has 0 atom stereocenters. The number of hydrogen-bond donors (Lipinski definition) is 0. The average molecular weight is 341 g/mol. The molecule has 0 unspecified atom stereocenters. The standard InChI is InChI=1S/Ce.H2O.2Zr/h;1H2;;. The van der Waals surface area contributed by atoms with Crippen molar-refractivity contribution in [1.82, 2.24) is 0 Å². The topological polar surface area (TPSA) is 31.5 Å². The van der Waals surface area contributed by atoms with Gasteiger partial charge in [-0.2, -0.15) is 0 Å². The third-order valence-electron chi connectivity index (χ3n) is 0. The molecule has 0 aliphatic carbocycles. The van der Waals surface area contributed by atoms with E-state index in [0.29, 0.717) is 0 Å². The SMILES string of the molecule is O.[Ce].[Zr].[Zr]. The molecule has 0 fully saturated rings. The molecule has 0 aromatic rings. The van der Waals surface area contributed by atoms with Crippen LogP contribution < -0.4 is 0 Å². The van der Waals surface area contributed by atoms with Gasteiger partial charge in [0.25, 0.3) is 0 Å². The first-order valence-corrected chi connectivity index (χ1v) is 0. The third kappa shape index (κ3) is 8.92. The van der Waals surface area contributed by atoms with E-state index < -0.39 is 0 Å². The number of hydrogen-bond acceptors (Lipinski definition) is 0. The van der Waals surface area contributed by atoms with E-state index in [1.54, 1.807) is 0 Å². The van der Waals surface area contributed by atoms with Crippen LogP contribution in [0.3, 0.4) is 0 Å². The molecular weight excluding hydrogens is 339 g/mol. The summed E-state index contributed by atoms with van der Waals surface area (Å²) in [7, 11) is 0. The van der Waals surface area contributed by atoms with Crippen molar-refractivity contribution in [2.45, 2.75) is 0 Å². The maximum Gasteiger partial charge on any atom is 0 e. The van der Waals surface area contributed by atoms with E-state index in [-0.39, 0.29) is 99.6 Å². The van der Waals surface area contributed by atoms with Crippen molar-refractivity contribution in [2.75, 3.05) is 0 Å². The van der Waals surface area contributed by atoms with Gasteiger partial charge in [-0.1, -0.05) is 0 Å². The maximum atomic E-state index is 0. The van der Waals surface area contributed by atoms with Gasteiger partial charge in [-0.15, -0.1) is 0 Å². The van der Waals surface area contributed by atoms with Crippen LogP contribution in [0, 0.1) is 41.7 Å². The van der Waals surface area contributed by atoms with Crippen molar-refractivity contribution in [3.05, 3.63) is 0 Å². The molecule has 0 aromatic heterocycles. The Balaban J connectivity index is 0. The predicted molar refractivity (Wildman–Crippen MR) is 3.61 cm³/mol. The Morgan fingerprint density at radius 1 is 0.750 bits per heavy atom. The van der Waals surface area contributed by atoms with Crippen LogP contribution in [0.15, 0.2) is 0 Å². The van der Waals surface area contributed by atoms with Gasteiger partial charge >= 0.3 is 0 Å². The molecule has 4 heavy (non-hydrogen) atoms. The molecule has 0 radical (unpaired) electrons. The van der Waals surface area contributed by atoms with Gasteiger partial charge in [0.15, 0.2) is 0 Å². The molecule has 0 heterocycles. The summed E-state index contributed by atoms with van der Waals surface area (Å²) in [5, 5.41) is 0. The molecule has 0 spiro atoms. The summed E-state index contributed by atoms with van der Waals surface area (Å²) in [6.07, 6.45) is 0. The molecular formula is H2CeOZr2. The van der Waals surface area contributed by atoms with E-state index >= 15 is 0 Å². The zero-order chi connectivity index (χ0) is 0. The predicted octanol–water partition coefficient (Wildman–Crippen LogP) is -0.830. The van der Waals surface area contributed by atoms with E-state index in [9.17, 15) is 0 Å². The summed E-state index contributed by atoms with van der Waals surface area (Å²) in [5.41, 5.74) is 0. The van der Waals surface area contributed by atoms with Crippen molar-refractivity contribution < 1.29 is 99.6 Å². The molecule has 0 aromatic carbocycles. The van der Waals surface area contributed by atoms with Crippen molar-refractivity contribution in [2.24, 2.45) is 0 Å². The molecule has 0 aliphatic heterocycles. The maximum absolute atomic E-state index is 0. The van der Waals surface area contributed by atoms with Crippen molar-refractivity contribution in [3.63, 3.8) is 0 Å². The molecule has 0 saturated carbocycles. The molecule has 0 bridgehead atoms. The fraction of sp³-hybridized carbons (Fsp3) is 0. The van der Waals surface area contributed by atoms with Gasteiger partial charge in [0, 0.05) is 94.2 Å². The second kappa shape index (κ2) is 16.5.